The van der Waals surface area contributed by atoms with E-state index in [0.717, 1.165) is 12.1 Å². The first-order valence-electron chi connectivity index (χ1n) is 10.8. The number of rotatable bonds is 2. The first-order chi connectivity index (χ1) is 11.9. The van der Waals surface area contributed by atoms with E-state index >= 15 is 0 Å². The van der Waals surface area contributed by atoms with Gasteiger partial charge in [0.15, 0.2) is 0 Å². The van der Waals surface area contributed by atoms with Gasteiger partial charge in [0.25, 0.3) is 0 Å². The van der Waals surface area contributed by atoms with Crippen LogP contribution in [0.2, 0.25) is 0 Å². The van der Waals surface area contributed by atoms with Gasteiger partial charge in [-0.1, -0.05) is 38.5 Å². The van der Waals surface area contributed by atoms with Crippen LogP contribution in [0.4, 0.5) is 0 Å². The fourth-order valence-corrected chi connectivity index (χ4v) is 4.99. The lowest BCUT2D eigenvalue weighted by atomic mass is 9.94. The minimum atomic E-state index is 0.931. The molecule has 0 amide bonds. The summed E-state index contributed by atoms with van der Waals surface area (Å²) in [6, 6.07) is 1.86. The first-order valence-corrected chi connectivity index (χ1v) is 10.8. The third kappa shape index (κ3) is 5.98. The average molecular weight is 337 g/mol. The van der Waals surface area contributed by atoms with E-state index in [1.807, 2.05) is 0 Å². The fourth-order valence-electron chi connectivity index (χ4n) is 4.99. The van der Waals surface area contributed by atoms with Crippen LogP contribution in [0.15, 0.2) is 0 Å². The van der Waals surface area contributed by atoms with Crippen LogP contribution in [0.3, 0.4) is 0 Å². The molecule has 2 heterocycles. The fraction of sp³-hybridized carbons (Fsp3) is 1.00. The number of hydrogen-bond acceptors (Lipinski definition) is 4. The average Bonchev–Trinajstić information content (AvgIpc) is 2.71. The molecule has 4 nitrogen and oxygen atoms in total. The Kier molecular flexibility index (Phi) is 8.34. The molecular weight excluding hydrogens is 296 g/mol. The van der Waals surface area contributed by atoms with E-state index in [9.17, 15) is 0 Å². The normalized spacial score (nSPS) is 29.0. The summed E-state index contributed by atoms with van der Waals surface area (Å²) in [7, 11) is 0. The summed E-state index contributed by atoms with van der Waals surface area (Å²) in [6.45, 7) is 9.95. The highest BCUT2D eigenvalue weighted by Crippen LogP contribution is 2.23. The molecule has 2 N–H and O–H groups in total. The minimum Gasteiger partial charge on any atom is -0.314 e. The summed E-state index contributed by atoms with van der Waals surface area (Å²) >= 11 is 0. The summed E-state index contributed by atoms with van der Waals surface area (Å²) in [4.78, 5) is 5.38. The van der Waals surface area contributed by atoms with Crippen molar-refractivity contribution in [2.75, 3.05) is 52.4 Å². The standard InChI is InChI=1S/2C10H20N2/c2*1-2-4-10(5-3-1)12-8-6-11-7-9-12/h2*10-11H,1-9H2. The van der Waals surface area contributed by atoms with Gasteiger partial charge in [-0.25, -0.2) is 0 Å². The van der Waals surface area contributed by atoms with Gasteiger partial charge in [0.05, 0.1) is 0 Å². The summed E-state index contributed by atoms with van der Waals surface area (Å²) in [5.74, 6) is 0. The molecule has 4 fully saturated rings. The second-order valence-corrected chi connectivity index (χ2v) is 8.16. The molecule has 2 saturated heterocycles. The van der Waals surface area contributed by atoms with E-state index in [1.54, 1.807) is 0 Å². The highest BCUT2D eigenvalue weighted by Gasteiger charge is 2.22. The number of nitrogens with zero attached hydrogens (tertiary/aromatic N) is 2. The molecule has 2 aliphatic heterocycles. The molecular formula is C20H40N4. The molecule has 140 valence electrons. The monoisotopic (exact) mass is 336 g/mol. The maximum atomic E-state index is 3.41. The lowest BCUT2D eigenvalue weighted by Gasteiger charge is -2.36. The van der Waals surface area contributed by atoms with Crippen LogP contribution >= 0.6 is 0 Å². The maximum Gasteiger partial charge on any atom is 0.0110 e. The Morgan fingerprint density at radius 3 is 1.12 bits per heavy atom. The second-order valence-electron chi connectivity index (χ2n) is 8.16. The van der Waals surface area contributed by atoms with Crippen molar-refractivity contribution in [1.29, 1.82) is 0 Å². The van der Waals surface area contributed by atoms with Gasteiger partial charge in [-0.15, -0.1) is 0 Å². The van der Waals surface area contributed by atoms with Crippen molar-refractivity contribution in [3.63, 3.8) is 0 Å². The van der Waals surface area contributed by atoms with Gasteiger partial charge in [-0.05, 0) is 25.7 Å². The zero-order valence-corrected chi connectivity index (χ0v) is 15.8. The molecule has 0 aromatic carbocycles. The van der Waals surface area contributed by atoms with Crippen molar-refractivity contribution in [2.45, 2.75) is 76.3 Å². The van der Waals surface area contributed by atoms with Crippen LogP contribution in [0.5, 0.6) is 0 Å². The van der Waals surface area contributed by atoms with Crippen LogP contribution < -0.4 is 10.6 Å². The summed E-state index contributed by atoms with van der Waals surface area (Å²) in [5, 5.41) is 6.82. The molecule has 0 spiro atoms. The van der Waals surface area contributed by atoms with Gasteiger partial charge in [-0.3, -0.25) is 9.80 Å². The largest absolute Gasteiger partial charge is 0.314 e. The first kappa shape index (κ1) is 18.6. The van der Waals surface area contributed by atoms with Gasteiger partial charge in [0, 0.05) is 64.4 Å². The van der Waals surface area contributed by atoms with Crippen LogP contribution in [-0.2, 0) is 0 Å². The van der Waals surface area contributed by atoms with E-state index in [1.165, 1.54) is 117 Å². The lowest BCUT2D eigenvalue weighted by Crippen LogP contribution is -2.48. The molecule has 2 aliphatic carbocycles. The minimum absolute atomic E-state index is 0.931. The Bertz CT molecular complexity index is 248. The molecule has 0 aromatic rings. The van der Waals surface area contributed by atoms with E-state index in [4.69, 9.17) is 0 Å². The Labute approximate surface area is 149 Å². The number of nitrogens with one attached hydrogen (secondary N) is 2. The summed E-state index contributed by atoms with van der Waals surface area (Å²) in [5.41, 5.74) is 0. The molecule has 0 aromatic heterocycles. The number of hydrogen-bond donors (Lipinski definition) is 2. The van der Waals surface area contributed by atoms with Crippen molar-refractivity contribution in [1.82, 2.24) is 20.4 Å². The van der Waals surface area contributed by atoms with E-state index in [2.05, 4.69) is 20.4 Å². The van der Waals surface area contributed by atoms with Gasteiger partial charge in [0.1, 0.15) is 0 Å². The number of piperazine rings is 2. The van der Waals surface area contributed by atoms with Crippen molar-refractivity contribution in [3.8, 4) is 0 Å². The molecule has 0 unspecified atom stereocenters. The van der Waals surface area contributed by atoms with Crippen molar-refractivity contribution < 1.29 is 0 Å². The predicted molar refractivity (Wildman–Crippen MR) is 103 cm³/mol. The zero-order valence-electron chi connectivity index (χ0n) is 15.8. The van der Waals surface area contributed by atoms with Gasteiger partial charge < -0.3 is 10.6 Å². The Hall–Kier alpha value is -0.160. The molecule has 4 rings (SSSR count). The van der Waals surface area contributed by atoms with E-state index in [-0.39, 0.29) is 0 Å². The van der Waals surface area contributed by atoms with Crippen molar-refractivity contribution in [3.05, 3.63) is 0 Å². The van der Waals surface area contributed by atoms with Gasteiger partial charge in [0.2, 0.25) is 0 Å². The quantitative estimate of drug-likeness (QED) is 0.811. The summed E-state index contributed by atoms with van der Waals surface area (Å²) in [6.07, 6.45) is 14.7. The second kappa shape index (κ2) is 10.7. The zero-order chi connectivity index (χ0) is 16.5. The summed E-state index contributed by atoms with van der Waals surface area (Å²) < 4.78 is 0. The maximum absolute atomic E-state index is 3.41. The van der Waals surface area contributed by atoms with Crippen LogP contribution in [0.25, 0.3) is 0 Å². The smallest absolute Gasteiger partial charge is 0.0110 e. The third-order valence-corrected chi connectivity index (χ3v) is 6.49. The van der Waals surface area contributed by atoms with Gasteiger partial charge in [-0.2, -0.15) is 0 Å². The van der Waals surface area contributed by atoms with E-state index < -0.39 is 0 Å². The molecule has 2 saturated carbocycles. The Balaban J connectivity index is 0.000000141. The molecule has 0 radical (unpaired) electrons. The Morgan fingerprint density at radius 1 is 0.458 bits per heavy atom. The lowest BCUT2D eigenvalue weighted by molar-refractivity contribution is 0.139. The molecule has 0 atom stereocenters. The topological polar surface area (TPSA) is 30.5 Å². The highest BCUT2D eigenvalue weighted by molar-refractivity contribution is 4.80. The third-order valence-electron chi connectivity index (χ3n) is 6.49. The molecule has 4 aliphatic rings. The van der Waals surface area contributed by atoms with Crippen LogP contribution in [0.1, 0.15) is 64.2 Å². The molecule has 0 bridgehead atoms. The molecule has 4 heteroatoms. The highest BCUT2D eigenvalue weighted by atomic mass is 15.2. The SMILES string of the molecule is C1CCC(N2CCNCC2)CC1.C1CCC(N2CCNCC2)CC1. The van der Waals surface area contributed by atoms with Gasteiger partial charge >= 0.3 is 0 Å². The van der Waals surface area contributed by atoms with E-state index in [0.29, 0.717) is 0 Å². The van der Waals surface area contributed by atoms with Crippen molar-refractivity contribution >= 4 is 0 Å². The molecule has 24 heavy (non-hydrogen) atoms. The van der Waals surface area contributed by atoms with Crippen LogP contribution in [0, 0.1) is 0 Å². The van der Waals surface area contributed by atoms with Crippen LogP contribution in [-0.4, -0.2) is 74.2 Å². The van der Waals surface area contributed by atoms with Crippen molar-refractivity contribution in [2.24, 2.45) is 0 Å². The Morgan fingerprint density at radius 2 is 0.792 bits per heavy atom. The predicted octanol–water partition coefficient (Wildman–Crippen LogP) is 2.45.